The molecule has 0 saturated carbocycles. The normalized spacial score (nSPS) is 52.9. The van der Waals surface area contributed by atoms with E-state index in [4.69, 9.17) is 5.73 Å². The topological polar surface area (TPSA) is 29.3 Å². The molecule has 0 atom stereocenters. The Balaban J connectivity index is 2.19. The van der Waals surface area contributed by atoms with Gasteiger partial charge in [-0.05, 0) is 12.8 Å². The van der Waals surface area contributed by atoms with Gasteiger partial charge < -0.3 is 10.6 Å². The highest BCUT2D eigenvalue weighted by atomic mass is 15.2. The fraction of sp³-hybridized carbons (Fsp3) is 1.00. The number of rotatable bonds is 0. The molecule has 8 heavy (non-hydrogen) atoms. The van der Waals surface area contributed by atoms with Crippen LogP contribution in [0.3, 0.4) is 0 Å². The van der Waals surface area contributed by atoms with Crippen molar-refractivity contribution in [2.75, 3.05) is 19.6 Å². The van der Waals surface area contributed by atoms with E-state index in [9.17, 15) is 0 Å². The highest BCUT2D eigenvalue weighted by Crippen LogP contribution is 2.28. The van der Waals surface area contributed by atoms with Gasteiger partial charge in [-0.1, -0.05) is 0 Å². The zero-order chi connectivity index (χ0) is 5.61. The van der Waals surface area contributed by atoms with Gasteiger partial charge in [0, 0.05) is 25.2 Å². The van der Waals surface area contributed by atoms with Crippen LogP contribution in [0.25, 0.3) is 0 Å². The molecule has 2 N–H and O–H groups in total. The van der Waals surface area contributed by atoms with Crippen LogP contribution in [0.2, 0.25) is 0 Å². The van der Waals surface area contributed by atoms with Crippen molar-refractivity contribution in [1.82, 2.24) is 4.90 Å². The van der Waals surface area contributed by atoms with E-state index in [2.05, 4.69) is 4.90 Å². The highest BCUT2D eigenvalue weighted by Gasteiger charge is 2.39. The molecule has 0 radical (unpaired) electrons. The van der Waals surface area contributed by atoms with Crippen LogP contribution in [0.1, 0.15) is 12.8 Å². The zero-order valence-electron chi connectivity index (χ0n) is 5.06. The van der Waals surface area contributed by atoms with E-state index < -0.39 is 0 Å². The average Bonchev–Trinajstić information content (AvgIpc) is 2.21. The maximum absolute atomic E-state index is 5.96. The first kappa shape index (κ1) is 4.77. The van der Waals surface area contributed by atoms with Gasteiger partial charge in [0.1, 0.15) is 0 Å². The van der Waals surface area contributed by atoms with Gasteiger partial charge in [0.2, 0.25) is 0 Å². The first-order valence-electron chi connectivity index (χ1n) is 3.30. The van der Waals surface area contributed by atoms with Crippen LogP contribution in [0, 0.1) is 0 Å². The number of hydrogen-bond donors (Lipinski definition) is 1. The largest absolute Gasteiger partial charge is 0.324 e. The van der Waals surface area contributed by atoms with E-state index in [1.54, 1.807) is 0 Å². The molecule has 46 valence electrons. The lowest BCUT2D eigenvalue weighted by Gasteiger charge is -2.17. The standard InChI is InChI=1S/C6H12N2/c7-6-1-3-8(5-6)4-2-6/h1-5,7H2. The van der Waals surface area contributed by atoms with Gasteiger partial charge in [-0.3, -0.25) is 0 Å². The molecule has 0 aliphatic carbocycles. The monoisotopic (exact) mass is 112 g/mol. The second-order valence-electron chi connectivity index (χ2n) is 3.14. The van der Waals surface area contributed by atoms with Gasteiger partial charge in [-0.15, -0.1) is 0 Å². The van der Waals surface area contributed by atoms with Crippen LogP contribution in [-0.2, 0) is 0 Å². The van der Waals surface area contributed by atoms with Crippen LogP contribution in [0.15, 0.2) is 0 Å². The van der Waals surface area contributed by atoms with Gasteiger partial charge in [0.15, 0.2) is 0 Å². The van der Waals surface area contributed by atoms with Crippen LogP contribution in [0.5, 0.6) is 0 Å². The molecule has 0 spiro atoms. The third kappa shape index (κ3) is 0.501. The molecule has 2 bridgehead atoms. The molecule has 2 heterocycles. The second kappa shape index (κ2) is 1.25. The predicted molar refractivity (Wildman–Crippen MR) is 32.6 cm³/mol. The molecular formula is C6H12N2. The lowest BCUT2D eigenvalue weighted by Crippen LogP contribution is -2.37. The summed E-state index contributed by atoms with van der Waals surface area (Å²) >= 11 is 0. The Labute approximate surface area is 49.7 Å². The fourth-order valence-electron chi connectivity index (χ4n) is 1.76. The summed E-state index contributed by atoms with van der Waals surface area (Å²) in [5.74, 6) is 0. The minimum atomic E-state index is 0.236. The van der Waals surface area contributed by atoms with Crippen molar-refractivity contribution in [3.8, 4) is 0 Å². The van der Waals surface area contributed by atoms with Crippen molar-refractivity contribution in [3.63, 3.8) is 0 Å². The summed E-state index contributed by atoms with van der Waals surface area (Å²) < 4.78 is 0. The lowest BCUT2D eigenvalue weighted by atomic mass is 9.97. The Kier molecular flexibility index (Phi) is 0.746. The van der Waals surface area contributed by atoms with Crippen LogP contribution in [0.4, 0.5) is 0 Å². The fourth-order valence-corrected chi connectivity index (χ4v) is 1.76. The maximum Gasteiger partial charge on any atom is 0.0307 e. The second-order valence-corrected chi connectivity index (χ2v) is 3.14. The number of nitrogens with zero attached hydrogens (tertiary/aromatic N) is 1. The summed E-state index contributed by atoms with van der Waals surface area (Å²) in [7, 11) is 0. The summed E-state index contributed by atoms with van der Waals surface area (Å²) in [5, 5.41) is 0. The Morgan fingerprint density at radius 1 is 1.25 bits per heavy atom. The summed E-state index contributed by atoms with van der Waals surface area (Å²) in [5.41, 5.74) is 6.19. The van der Waals surface area contributed by atoms with Gasteiger partial charge in [0.05, 0.1) is 0 Å². The van der Waals surface area contributed by atoms with E-state index in [0.717, 1.165) is 6.54 Å². The molecule has 0 aromatic carbocycles. The third-order valence-electron chi connectivity index (χ3n) is 2.39. The van der Waals surface area contributed by atoms with Gasteiger partial charge in [-0.2, -0.15) is 0 Å². The molecule has 0 amide bonds. The minimum Gasteiger partial charge on any atom is -0.324 e. The Morgan fingerprint density at radius 2 is 1.88 bits per heavy atom. The Hall–Kier alpha value is -0.0800. The molecule has 2 saturated heterocycles. The van der Waals surface area contributed by atoms with Crippen molar-refractivity contribution in [2.45, 2.75) is 18.4 Å². The summed E-state index contributed by atoms with van der Waals surface area (Å²) in [4.78, 5) is 2.44. The van der Waals surface area contributed by atoms with Crippen molar-refractivity contribution in [2.24, 2.45) is 5.73 Å². The van der Waals surface area contributed by atoms with Crippen molar-refractivity contribution < 1.29 is 0 Å². The quantitative estimate of drug-likeness (QED) is 0.470. The SMILES string of the molecule is NC12CCN(CC1)C2. The van der Waals surface area contributed by atoms with Crippen LogP contribution < -0.4 is 5.73 Å². The van der Waals surface area contributed by atoms with Crippen LogP contribution >= 0.6 is 0 Å². The Bertz CT molecular complexity index is 103. The zero-order valence-corrected chi connectivity index (χ0v) is 5.06. The predicted octanol–water partition coefficient (Wildman–Crippen LogP) is -0.207. The van der Waals surface area contributed by atoms with Crippen molar-refractivity contribution >= 4 is 0 Å². The molecule has 0 aromatic rings. The highest BCUT2D eigenvalue weighted by molar-refractivity contribution is 5.00. The Morgan fingerprint density at radius 3 is 2.00 bits per heavy atom. The minimum absolute atomic E-state index is 0.236. The van der Waals surface area contributed by atoms with Gasteiger partial charge >= 0.3 is 0 Å². The molecule has 2 fully saturated rings. The molecule has 2 heteroatoms. The van der Waals surface area contributed by atoms with E-state index >= 15 is 0 Å². The van der Waals surface area contributed by atoms with Crippen molar-refractivity contribution in [3.05, 3.63) is 0 Å². The molecule has 0 aromatic heterocycles. The molecule has 2 rings (SSSR count). The first-order valence-corrected chi connectivity index (χ1v) is 3.30. The number of hydrogen-bond acceptors (Lipinski definition) is 2. The molecule has 2 aliphatic heterocycles. The van der Waals surface area contributed by atoms with E-state index in [0.29, 0.717) is 0 Å². The molecule has 2 aliphatic rings. The summed E-state index contributed by atoms with van der Waals surface area (Å²) in [6.45, 7) is 3.65. The average molecular weight is 112 g/mol. The number of piperidine rings is 1. The third-order valence-corrected chi connectivity index (χ3v) is 2.39. The van der Waals surface area contributed by atoms with E-state index in [1.165, 1.54) is 25.9 Å². The lowest BCUT2D eigenvalue weighted by molar-refractivity contribution is 0.364. The van der Waals surface area contributed by atoms with E-state index in [-0.39, 0.29) is 5.54 Å². The number of fused-ring (bicyclic) bond motifs is 2. The van der Waals surface area contributed by atoms with Crippen molar-refractivity contribution in [1.29, 1.82) is 0 Å². The molecular weight excluding hydrogens is 100 g/mol. The maximum atomic E-state index is 5.96. The van der Waals surface area contributed by atoms with Gasteiger partial charge in [-0.25, -0.2) is 0 Å². The summed E-state index contributed by atoms with van der Waals surface area (Å²) in [6, 6.07) is 0. The summed E-state index contributed by atoms with van der Waals surface area (Å²) in [6.07, 6.45) is 2.46. The first-order chi connectivity index (χ1) is 3.79. The molecule has 0 unspecified atom stereocenters. The van der Waals surface area contributed by atoms with Crippen LogP contribution in [-0.4, -0.2) is 30.1 Å². The molecule has 2 nitrogen and oxygen atoms in total. The van der Waals surface area contributed by atoms with Gasteiger partial charge in [0.25, 0.3) is 0 Å². The van der Waals surface area contributed by atoms with E-state index in [1.807, 2.05) is 0 Å². The smallest absolute Gasteiger partial charge is 0.0307 e. The number of nitrogens with two attached hydrogens (primary N) is 1.